The van der Waals surface area contributed by atoms with Crippen LogP contribution in [0.4, 0.5) is 4.39 Å². The maximum atomic E-state index is 13.7. The normalized spacial score (nSPS) is 20.3. The molecule has 1 amide bonds. The number of benzene rings is 1. The van der Waals surface area contributed by atoms with Crippen molar-refractivity contribution in [3.8, 4) is 10.6 Å². The van der Waals surface area contributed by atoms with Crippen LogP contribution in [0.2, 0.25) is 0 Å². The molecule has 1 aromatic carbocycles. The number of thiazole rings is 1. The zero-order valence-corrected chi connectivity index (χ0v) is 12.5. The fourth-order valence-corrected chi connectivity index (χ4v) is 3.24. The molecule has 0 spiro atoms. The van der Waals surface area contributed by atoms with E-state index in [2.05, 4.69) is 10.3 Å². The number of nitrogens with zero attached hydrogens (tertiary/aromatic N) is 1. The van der Waals surface area contributed by atoms with Gasteiger partial charge in [-0.05, 0) is 18.6 Å². The van der Waals surface area contributed by atoms with E-state index >= 15 is 0 Å². The predicted molar refractivity (Wildman–Crippen MR) is 83.1 cm³/mol. The van der Waals surface area contributed by atoms with Gasteiger partial charge in [-0.3, -0.25) is 4.79 Å². The van der Waals surface area contributed by atoms with Gasteiger partial charge in [-0.25, -0.2) is 9.37 Å². The van der Waals surface area contributed by atoms with E-state index in [1.54, 1.807) is 18.2 Å². The van der Waals surface area contributed by atoms with E-state index in [1.165, 1.54) is 12.3 Å². The summed E-state index contributed by atoms with van der Waals surface area (Å²) in [6.07, 6.45) is 5.95. The van der Waals surface area contributed by atoms with Crippen molar-refractivity contribution in [1.82, 2.24) is 10.3 Å². The van der Waals surface area contributed by atoms with Crippen molar-refractivity contribution in [3.63, 3.8) is 0 Å². The number of rotatable bonds is 4. The van der Waals surface area contributed by atoms with Gasteiger partial charge < -0.3 is 10.4 Å². The van der Waals surface area contributed by atoms with Crippen LogP contribution in [0.5, 0.6) is 0 Å². The molecule has 114 valence electrons. The van der Waals surface area contributed by atoms with Gasteiger partial charge >= 0.3 is 0 Å². The van der Waals surface area contributed by atoms with Crippen molar-refractivity contribution in [2.24, 2.45) is 5.92 Å². The van der Waals surface area contributed by atoms with Crippen LogP contribution in [-0.4, -0.2) is 28.6 Å². The summed E-state index contributed by atoms with van der Waals surface area (Å²) in [5.41, 5.74) is 0.396. The van der Waals surface area contributed by atoms with E-state index in [0.29, 0.717) is 21.9 Å². The Labute approximate surface area is 131 Å². The highest BCUT2D eigenvalue weighted by molar-refractivity contribution is 7.16. The van der Waals surface area contributed by atoms with Crippen LogP contribution >= 0.6 is 11.3 Å². The molecule has 0 saturated heterocycles. The number of aliphatic hydroxyl groups is 1. The highest BCUT2D eigenvalue weighted by Crippen LogP contribution is 2.27. The molecule has 0 fully saturated rings. The molecule has 2 N–H and O–H groups in total. The Morgan fingerprint density at radius 2 is 2.23 bits per heavy atom. The lowest BCUT2D eigenvalue weighted by Crippen LogP contribution is -2.32. The van der Waals surface area contributed by atoms with Gasteiger partial charge in [-0.15, -0.1) is 11.3 Å². The first-order chi connectivity index (χ1) is 10.7. The van der Waals surface area contributed by atoms with Crippen LogP contribution in [0.3, 0.4) is 0 Å². The fourth-order valence-electron chi connectivity index (χ4n) is 2.39. The van der Waals surface area contributed by atoms with E-state index in [-0.39, 0.29) is 30.3 Å². The third-order valence-electron chi connectivity index (χ3n) is 3.56. The van der Waals surface area contributed by atoms with Crippen LogP contribution in [0.15, 0.2) is 42.6 Å². The number of hydrogen-bond donors (Lipinski definition) is 2. The van der Waals surface area contributed by atoms with Crippen molar-refractivity contribution in [3.05, 3.63) is 53.3 Å². The molecule has 1 aromatic heterocycles. The number of halogens is 1. The molecule has 22 heavy (non-hydrogen) atoms. The van der Waals surface area contributed by atoms with E-state index < -0.39 is 0 Å². The van der Waals surface area contributed by atoms with Gasteiger partial charge in [0.05, 0.1) is 6.20 Å². The number of aliphatic hydroxyl groups excluding tert-OH is 1. The van der Waals surface area contributed by atoms with Gasteiger partial charge in [0, 0.05) is 24.1 Å². The van der Waals surface area contributed by atoms with Crippen molar-refractivity contribution < 1.29 is 14.3 Å². The second-order valence-electron chi connectivity index (χ2n) is 5.15. The van der Waals surface area contributed by atoms with Gasteiger partial charge in [0.2, 0.25) is 0 Å². The van der Waals surface area contributed by atoms with Crippen molar-refractivity contribution >= 4 is 17.2 Å². The molecule has 0 bridgehead atoms. The lowest BCUT2D eigenvalue weighted by Gasteiger charge is -2.11. The van der Waals surface area contributed by atoms with Gasteiger partial charge in [0.15, 0.2) is 0 Å². The minimum atomic E-state index is -0.353. The van der Waals surface area contributed by atoms with Crippen LogP contribution in [0.1, 0.15) is 16.1 Å². The molecule has 1 aliphatic carbocycles. The Bertz CT molecular complexity index is 714. The molecule has 0 saturated carbocycles. The molecule has 0 aliphatic heterocycles. The summed E-state index contributed by atoms with van der Waals surface area (Å²) < 4.78 is 13.7. The molecule has 2 aromatic rings. The third-order valence-corrected chi connectivity index (χ3v) is 4.59. The molecule has 0 radical (unpaired) electrons. The minimum absolute atomic E-state index is 0.0799. The molecule has 1 heterocycles. The highest BCUT2D eigenvalue weighted by atomic mass is 32.1. The van der Waals surface area contributed by atoms with Gasteiger partial charge in [0.25, 0.3) is 5.91 Å². The van der Waals surface area contributed by atoms with Gasteiger partial charge in [0.1, 0.15) is 15.7 Å². The molecule has 1 aliphatic rings. The standard InChI is InChI=1S/C16H15FN2O2S/c17-13-4-2-1-3-12(13)16-18-8-14(22-16)15(21)19-11-6-5-10(7-11)9-20/h1-6,8,10-11,20H,7,9H2,(H,19,21)/t10-,11+/m0/s1. The van der Waals surface area contributed by atoms with Crippen molar-refractivity contribution in [1.29, 1.82) is 0 Å². The first kappa shape index (κ1) is 14.9. The van der Waals surface area contributed by atoms with Gasteiger partial charge in [-0.1, -0.05) is 24.3 Å². The molecule has 2 atom stereocenters. The average molecular weight is 318 g/mol. The Hall–Kier alpha value is -2.05. The number of hydrogen-bond acceptors (Lipinski definition) is 4. The largest absolute Gasteiger partial charge is 0.396 e. The summed E-state index contributed by atoms with van der Waals surface area (Å²) in [7, 11) is 0. The number of aromatic nitrogens is 1. The summed E-state index contributed by atoms with van der Waals surface area (Å²) in [6, 6.07) is 6.28. The van der Waals surface area contributed by atoms with E-state index in [0.717, 1.165) is 11.3 Å². The highest BCUT2D eigenvalue weighted by Gasteiger charge is 2.21. The quantitative estimate of drug-likeness (QED) is 0.852. The minimum Gasteiger partial charge on any atom is -0.396 e. The summed E-state index contributed by atoms with van der Waals surface area (Å²) in [6.45, 7) is 0.0842. The smallest absolute Gasteiger partial charge is 0.263 e. The van der Waals surface area contributed by atoms with E-state index in [9.17, 15) is 9.18 Å². The SMILES string of the molecule is O=C(N[C@@H]1C=C[C@H](CO)C1)c1cnc(-c2ccccc2F)s1. The van der Waals surface area contributed by atoms with Crippen LogP contribution in [0, 0.1) is 11.7 Å². The zero-order chi connectivity index (χ0) is 15.5. The molecule has 6 heteroatoms. The van der Waals surface area contributed by atoms with Gasteiger partial charge in [-0.2, -0.15) is 0 Å². The number of carbonyl (C=O) groups is 1. The molecular weight excluding hydrogens is 303 g/mol. The number of amides is 1. The van der Waals surface area contributed by atoms with Crippen LogP contribution in [-0.2, 0) is 0 Å². The Kier molecular flexibility index (Phi) is 4.31. The molecule has 3 rings (SSSR count). The second-order valence-corrected chi connectivity index (χ2v) is 6.18. The Balaban J connectivity index is 1.70. The fraction of sp³-hybridized carbons (Fsp3) is 0.250. The van der Waals surface area contributed by atoms with Crippen LogP contribution < -0.4 is 5.32 Å². The molecule has 0 unspecified atom stereocenters. The second kappa shape index (κ2) is 6.37. The zero-order valence-electron chi connectivity index (χ0n) is 11.7. The number of carbonyl (C=O) groups excluding carboxylic acids is 1. The molecule has 4 nitrogen and oxygen atoms in total. The number of nitrogens with one attached hydrogen (secondary N) is 1. The summed E-state index contributed by atoms with van der Waals surface area (Å²) in [5.74, 6) is -0.484. The topological polar surface area (TPSA) is 62.2 Å². The summed E-state index contributed by atoms with van der Waals surface area (Å²) >= 11 is 1.16. The first-order valence-corrected chi connectivity index (χ1v) is 7.80. The monoisotopic (exact) mass is 318 g/mol. The van der Waals surface area contributed by atoms with E-state index in [4.69, 9.17) is 5.11 Å². The lowest BCUT2D eigenvalue weighted by atomic mass is 10.1. The molecular formula is C16H15FN2O2S. The predicted octanol–water partition coefficient (Wildman–Crippen LogP) is 2.62. The summed E-state index contributed by atoms with van der Waals surface area (Å²) in [4.78, 5) is 16.8. The average Bonchev–Trinajstić information content (AvgIpc) is 3.16. The Morgan fingerprint density at radius 1 is 1.41 bits per heavy atom. The third kappa shape index (κ3) is 3.08. The van der Waals surface area contributed by atoms with Crippen molar-refractivity contribution in [2.75, 3.05) is 6.61 Å². The maximum Gasteiger partial charge on any atom is 0.263 e. The first-order valence-electron chi connectivity index (χ1n) is 6.98. The maximum absolute atomic E-state index is 13.7. The Morgan fingerprint density at radius 3 is 2.95 bits per heavy atom. The van der Waals surface area contributed by atoms with Crippen LogP contribution in [0.25, 0.3) is 10.6 Å². The lowest BCUT2D eigenvalue weighted by molar-refractivity contribution is 0.0945. The van der Waals surface area contributed by atoms with E-state index in [1.807, 2.05) is 12.2 Å². The van der Waals surface area contributed by atoms with Crippen molar-refractivity contribution in [2.45, 2.75) is 12.5 Å². The summed E-state index contributed by atoms with van der Waals surface area (Å²) in [5, 5.41) is 12.4.